The quantitative estimate of drug-likeness (QED) is 0.575. The van der Waals surface area contributed by atoms with Gasteiger partial charge in [0.15, 0.2) is 0 Å². The molecule has 2 N–H and O–H groups in total. The molecule has 0 radical (unpaired) electrons. The maximum Gasteiger partial charge on any atom is 0.0571 e. The van der Waals surface area contributed by atoms with Gasteiger partial charge in [0, 0.05) is 15.5 Å². The molecular formula is C26H36N2S. The Bertz CT molecular complexity index is 835. The molecule has 156 valence electrons. The molecule has 1 aliphatic heterocycles. The van der Waals surface area contributed by atoms with E-state index in [1.54, 1.807) is 0 Å². The third-order valence-electron chi connectivity index (χ3n) is 6.28. The molecule has 1 heterocycles. The van der Waals surface area contributed by atoms with Crippen LogP contribution in [0.25, 0.3) is 0 Å². The van der Waals surface area contributed by atoms with E-state index in [0.717, 1.165) is 38.0 Å². The molecule has 2 aromatic rings. The minimum atomic E-state index is -0.0247. The van der Waals surface area contributed by atoms with E-state index in [1.165, 1.54) is 27.3 Å². The summed E-state index contributed by atoms with van der Waals surface area (Å²) in [7, 11) is 0. The summed E-state index contributed by atoms with van der Waals surface area (Å²) >= 11 is 1.87. The second-order valence-electron chi connectivity index (χ2n) is 9.48. The predicted octanol–water partition coefficient (Wildman–Crippen LogP) is 6.39. The smallest absolute Gasteiger partial charge is 0.0571 e. The molecule has 1 atom stereocenters. The van der Waals surface area contributed by atoms with Crippen molar-refractivity contribution in [3.8, 4) is 0 Å². The molecule has 0 spiro atoms. The third-order valence-corrected chi connectivity index (χ3v) is 7.40. The third kappa shape index (κ3) is 5.26. The largest absolute Gasteiger partial charge is 0.401 e. The van der Waals surface area contributed by atoms with Crippen LogP contribution in [0.5, 0.6) is 0 Å². The molecule has 0 bridgehead atoms. The summed E-state index contributed by atoms with van der Waals surface area (Å²) in [6.07, 6.45) is 4.57. The lowest BCUT2D eigenvalue weighted by atomic mass is 9.87. The highest BCUT2D eigenvalue weighted by Crippen LogP contribution is 2.34. The Morgan fingerprint density at radius 1 is 1.14 bits per heavy atom. The molecule has 1 saturated heterocycles. The average molecular weight is 409 g/mol. The van der Waals surface area contributed by atoms with E-state index in [4.69, 9.17) is 5.73 Å². The van der Waals surface area contributed by atoms with Gasteiger partial charge < -0.3 is 5.73 Å². The van der Waals surface area contributed by atoms with Crippen LogP contribution in [0.3, 0.4) is 0 Å². The Labute approximate surface area is 181 Å². The number of hydrogen-bond acceptors (Lipinski definition) is 3. The molecular weight excluding hydrogens is 372 g/mol. The van der Waals surface area contributed by atoms with E-state index in [9.17, 15) is 0 Å². The fourth-order valence-corrected chi connectivity index (χ4v) is 5.14. The van der Waals surface area contributed by atoms with Crippen molar-refractivity contribution in [2.24, 2.45) is 5.73 Å². The highest BCUT2D eigenvalue weighted by molar-refractivity contribution is 7.99. The lowest BCUT2D eigenvalue weighted by Crippen LogP contribution is -2.45. The number of hydrogen-bond donors (Lipinski definition) is 1. The summed E-state index contributed by atoms with van der Waals surface area (Å²) in [5.74, 6) is 0. The van der Waals surface area contributed by atoms with E-state index < -0.39 is 0 Å². The zero-order valence-corrected chi connectivity index (χ0v) is 19.3. The van der Waals surface area contributed by atoms with Gasteiger partial charge in [-0.25, -0.2) is 0 Å². The van der Waals surface area contributed by atoms with Crippen molar-refractivity contribution in [2.75, 3.05) is 13.1 Å². The van der Waals surface area contributed by atoms with Gasteiger partial charge >= 0.3 is 0 Å². The van der Waals surface area contributed by atoms with Gasteiger partial charge in [0.1, 0.15) is 0 Å². The van der Waals surface area contributed by atoms with Crippen LogP contribution in [0.15, 0.2) is 70.6 Å². The zero-order chi connectivity index (χ0) is 21.1. The number of rotatable bonds is 7. The van der Waals surface area contributed by atoms with E-state index in [2.05, 4.69) is 87.7 Å². The van der Waals surface area contributed by atoms with Crippen molar-refractivity contribution < 1.29 is 0 Å². The van der Waals surface area contributed by atoms with Crippen LogP contribution in [0.4, 0.5) is 0 Å². The summed E-state index contributed by atoms with van der Waals surface area (Å²) in [5, 5.41) is 0. The van der Waals surface area contributed by atoms with E-state index in [-0.39, 0.29) is 11.0 Å². The standard InChI is InChI=1S/C26H36N2S/c1-20(27)26(5)17-9-19-28(26)18-8-11-21-10-6-7-12-24(21)29-23-15-13-22(14-16-23)25(2,3)4/h6-7,10,12-16H,1,8-9,11,17-19,27H2,2-5H3/t26-/m0/s1. The van der Waals surface area contributed by atoms with Gasteiger partial charge in [-0.2, -0.15) is 0 Å². The number of likely N-dealkylation sites (tertiary alicyclic amines) is 1. The van der Waals surface area contributed by atoms with Gasteiger partial charge in [-0.15, -0.1) is 0 Å². The number of nitrogens with zero attached hydrogens (tertiary/aromatic N) is 1. The van der Waals surface area contributed by atoms with E-state index >= 15 is 0 Å². The summed E-state index contributed by atoms with van der Waals surface area (Å²) in [4.78, 5) is 5.19. The molecule has 0 saturated carbocycles. The fourth-order valence-electron chi connectivity index (χ4n) is 4.16. The Hall–Kier alpha value is -1.71. The molecule has 1 aliphatic rings. The highest BCUT2D eigenvalue weighted by atomic mass is 32.2. The van der Waals surface area contributed by atoms with Crippen molar-refractivity contribution in [2.45, 2.75) is 74.1 Å². The Balaban J connectivity index is 1.63. The normalized spacial score (nSPS) is 20.1. The summed E-state index contributed by atoms with van der Waals surface area (Å²) < 4.78 is 0. The van der Waals surface area contributed by atoms with Gasteiger partial charge in [0.2, 0.25) is 0 Å². The minimum absolute atomic E-state index is 0.0247. The molecule has 3 heteroatoms. The number of aryl methyl sites for hydroxylation is 1. The average Bonchev–Trinajstić information content (AvgIpc) is 3.05. The Kier molecular flexibility index (Phi) is 6.80. The van der Waals surface area contributed by atoms with Crippen molar-refractivity contribution in [3.05, 3.63) is 71.9 Å². The first-order chi connectivity index (χ1) is 13.7. The molecule has 0 amide bonds. The second-order valence-corrected chi connectivity index (χ2v) is 10.6. The lowest BCUT2D eigenvalue weighted by molar-refractivity contribution is 0.188. The summed E-state index contributed by atoms with van der Waals surface area (Å²) in [6, 6.07) is 17.9. The van der Waals surface area contributed by atoms with E-state index in [0.29, 0.717) is 0 Å². The van der Waals surface area contributed by atoms with Crippen molar-refractivity contribution >= 4 is 11.8 Å². The summed E-state index contributed by atoms with van der Waals surface area (Å²) in [6.45, 7) is 15.3. The van der Waals surface area contributed by atoms with Crippen molar-refractivity contribution in [1.82, 2.24) is 4.90 Å². The van der Waals surface area contributed by atoms with Gasteiger partial charge in [-0.3, -0.25) is 4.90 Å². The molecule has 2 nitrogen and oxygen atoms in total. The van der Waals surface area contributed by atoms with Gasteiger partial charge in [-0.1, -0.05) is 69.4 Å². The van der Waals surface area contributed by atoms with Gasteiger partial charge in [-0.05, 0) is 80.4 Å². The predicted molar refractivity (Wildman–Crippen MR) is 127 cm³/mol. The zero-order valence-electron chi connectivity index (χ0n) is 18.5. The van der Waals surface area contributed by atoms with Crippen LogP contribution < -0.4 is 5.73 Å². The van der Waals surface area contributed by atoms with Crippen molar-refractivity contribution in [1.29, 1.82) is 0 Å². The number of nitrogens with two attached hydrogens (primary N) is 1. The fraction of sp³-hybridized carbons (Fsp3) is 0.462. The van der Waals surface area contributed by atoms with Crippen LogP contribution in [-0.4, -0.2) is 23.5 Å². The first-order valence-corrected chi connectivity index (χ1v) is 11.6. The van der Waals surface area contributed by atoms with Crippen LogP contribution in [0.1, 0.15) is 58.1 Å². The van der Waals surface area contributed by atoms with Crippen LogP contribution in [-0.2, 0) is 11.8 Å². The molecule has 1 fully saturated rings. The van der Waals surface area contributed by atoms with Crippen LogP contribution in [0, 0.1) is 0 Å². The Morgan fingerprint density at radius 3 is 2.48 bits per heavy atom. The first-order valence-electron chi connectivity index (χ1n) is 10.8. The summed E-state index contributed by atoms with van der Waals surface area (Å²) in [5.41, 5.74) is 9.91. The van der Waals surface area contributed by atoms with Gasteiger partial charge in [0.05, 0.1) is 5.54 Å². The minimum Gasteiger partial charge on any atom is -0.401 e. The van der Waals surface area contributed by atoms with Crippen LogP contribution in [0.2, 0.25) is 0 Å². The van der Waals surface area contributed by atoms with Crippen molar-refractivity contribution in [3.63, 3.8) is 0 Å². The van der Waals surface area contributed by atoms with Gasteiger partial charge in [0.25, 0.3) is 0 Å². The second kappa shape index (κ2) is 8.97. The van der Waals surface area contributed by atoms with Crippen LogP contribution >= 0.6 is 11.8 Å². The van der Waals surface area contributed by atoms with E-state index in [1.807, 2.05) is 11.8 Å². The molecule has 2 aromatic carbocycles. The molecule has 3 rings (SSSR count). The monoisotopic (exact) mass is 408 g/mol. The SMILES string of the molecule is C=C(N)[C@]1(C)CCCN1CCCc1ccccc1Sc1ccc(C(C)(C)C)cc1. The molecule has 0 unspecified atom stereocenters. The Morgan fingerprint density at radius 2 is 1.83 bits per heavy atom. The lowest BCUT2D eigenvalue weighted by Gasteiger charge is -2.35. The first kappa shape index (κ1) is 22.0. The highest BCUT2D eigenvalue weighted by Gasteiger charge is 2.37. The molecule has 29 heavy (non-hydrogen) atoms. The maximum atomic E-state index is 6.11. The number of benzene rings is 2. The maximum absolute atomic E-state index is 6.11. The molecule has 0 aromatic heterocycles. The topological polar surface area (TPSA) is 29.3 Å². The molecule has 0 aliphatic carbocycles.